The number of rotatable bonds is 7. The second-order valence-electron chi connectivity index (χ2n) is 6.00. The van der Waals surface area contributed by atoms with E-state index in [0.29, 0.717) is 0 Å². The minimum Gasteiger partial charge on any atom is -0.494 e. The first-order valence-electron chi connectivity index (χ1n) is 7.59. The van der Waals surface area contributed by atoms with Gasteiger partial charge in [0.05, 0.1) is 13.2 Å². The first kappa shape index (κ1) is 15.8. The highest BCUT2D eigenvalue weighted by Crippen LogP contribution is 2.23. The van der Waals surface area contributed by atoms with Gasteiger partial charge in [-0.3, -0.25) is 0 Å². The second kappa shape index (κ2) is 6.92. The molecule has 0 spiro atoms. The highest BCUT2D eigenvalue weighted by atomic mass is 16.5. The normalized spacial score (nSPS) is 14.1. The van der Waals surface area contributed by atoms with Gasteiger partial charge in [-0.05, 0) is 54.7 Å². The largest absolute Gasteiger partial charge is 0.494 e. The molecule has 114 valence electrons. The molecule has 3 heteroatoms. The standard InChI is InChI=1S/C18H25NO2/c1-3-10-21-17-7-6-15-11-14(4-5-16(15)12-17)8-9-18(2,19)13-20/h4-7,11-12,20H,3,8-10,13,19H2,1-2H3/t18-/m1/s1. The summed E-state index contributed by atoms with van der Waals surface area (Å²) in [6, 6.07) is 12.6. The number of hydrogen-bond acceptors (Lipinski definition) is 3. The first-order valence-corrected chi connectivity index (χ1v) is 7.59. The van der Waals surface area contributed by atoms with Gasteiger partial charge >= 0.3 is 0 Å². The van der Waals surface area contributed by atoms with Crippen LogP contribution in [0.3, 0.4) is 0 Å². The Bertz CT molecular complexity index is 593. The number of benzene rings is 2. The smallest absolute Gasteiger partial charge is 0.119 e. The zero-order valence-corrected chi connectivity index (χ0v) is 12.9. The number of aliphatic hydroxyl groups is 1. The molecule has 0 aliphatic heterocycles. The Kier molecular flexibility index (Phi) is 5.21. The summed E-state index contributed by atoms with van der Waals surface area (Å²) >= 11 is 0. The maximum absolute atomic E-state index is 9.21. The SMILES string of the molecule is CCCOc1ccc2cc(CC[C@@](C)(N)CO)ccc2c1. The Hall–Kier alpha value is -1.58. The van der Waals surface area contributed by atoms with Gasteiger partial charge in [-0.15, -0.1) is 0 Å². The molecule has 0 saturated carbocycles. The van der Waals surface area contributed by atoms with Crippen LogP contribution in [0.2, 0.25) is 0 Å². The Morgan fingerprint density at radius 1 is 1.14 bits per heavy atom. The molecule has 3 nitrogen and oxygen atoms in total. The van der Waals surface area contributed by atoms with Crippen LogP contribution in [0.15, 0.2) is 36.4 Å². The fourth-order valence-corrected chi connectivity index (χ4v) is 2.25. The van der Waals surface area contributed by atoms with Crippen molar-refractivity contribution in [2.75, 3.05) is 13.2 Å². The Morgan fingerprint density at radius 2 is 1.86 bits per heavy atom. The van der Waals surface area contributed by atoms with Gasteiger partial charge in [0, 0.05) is 5.54 Å². The van der Waals surface area contributed by atoms with E-state index in [9.17, 15) is 5.11 Å². The Labute approximate surface area is 126 Å². The van der Waals surface area contributed by atoms with Crippen LogP contribution in [-0.2, 0) is 6.42 Å². The van der Waals surface area contributed by atoms with Crippen molar-refractivity contribution < 1.29 is 9.84 Å². The van der Waals surface area contributed by atoms with E-state index >= 15 is 0 Å². The highest BCUT2D eigenvalue weighted by molar-refractivity contribution is 5.84. The zero-order valence-electron chi connectivity index (χ0n) is 12.9. The quantitative estimate of drug-likeness (QED) is 0.821. The van der Waals surface area contributed by atoms with Gasteiger partial charge < -0.3 is 15.6 Å². The molecular formula is C18H25NO2. The third-order valence-corrected chi connectivity index (χ3v) is 3.69. The molecule has 0 unspecified atom stereocenters. The molecule has 0 aliphatic carbocycles. The molecule has 0 fully saturated rings. The summed E-state index contributed by atoms with van der Waals surface area (Å²) < 4.78 is 5.66. The maximum atomic E-state index is 9.21. The van der Waals surface area contributed by atoms with Gasteiger partial charge in [-0.1, -0.05) is 31.2 Å². The summed E-state index contributed by atoms with van der Waals surface area (Å²) in [5.74, 6) is 0.923. The summed E-state index contributed by atoms with van der Waals surface area (Å²) in [5, 5.41) is 11.6. The zero-order chi connectivity index (χ0) is 15.3. The van der Waals surface area contributed by atoms with Crippen molar-refractivity contribution in [3.8, 4) is 5.75 Å². The van der Waals surface area contributed by atoms with Gasteiger partial charge in [0.25, 0.3) is 0 Å². The van der Waals surface area contributed by atoms with E-state index < -0.39 is 5.54 Å². The first-order chi connectivity index (χ1) is 10.0. The van der Waals surface area contributed by atoms with E-state index in [1.807, 2.05) is 13.0 Å². The number of hydrogen-bond donors (Lipinski definition) is 2. The number of nitrogens with two attached hydrogens (primary N) is 1. The van der Waals surface area contributed by atoms with Crippen LogP contribution in [0.4, 0.5) is 0 Å². The van der Waals surface area contributed by atoms with E-state index in [-0.39, 0.29) is 6.61 Å². The van der Waals surface area contributed by atoms with E-state index in [4.69, 9.17) is 10.5 Å². The van der Waals surface area contributed by atoms with Crippen molar-refractivity contribution in [3.05, 3.63) is 42.0 Å². The van der Waals surface area contributed by atoms with Crippen LogP contribution in [0, 0.1) is 0 Å². The average Bonchev–Trinajstić information content (AvgIpc) is 2.50. The number of ether oxygens (including phenoxy) is 1. The average molecular weight is 287 g/mol. The van der Waals surface area contributed by atoms with Crippen molar-refractivity contribution >= 4 is 10.8 Å². The Morgan fingerprint density at radius 3 is 2.57 bits per heavy atom. The topological polar surface area (TPSA) is 55.5 Å². The molecule has 3 N–H and O–H groups in total. The van der Waals surface area contributed by atoms with Crippen LogP contribution < -0.4 is 10.5 Å². The summed E-state index contributed by atoms with van der Waals surface area (Å²) in [4.78, 5) is 0. The van der Waals surface area contributed by atoms with Crippen LogP contribution in [0.25, 0.3) is 10.8 Å². The fourth-order valence-electron chi connectivity index (χ4n) is 2.25. The lowest BCUT2D eigenvalue weighted by atomic mass is 9.94. The van der Waals surface area contributed by atoms with Crippen molar-refractivity contribution in [2.45, 2.75) is 38.6 Å². The monoisotopic (exact) mass is 287 g/mol. The second-order valence-corrected chi connectivity index (χ2v) is 6.00. The van der Waals surface area contributed by atoms with Crippen LogP contribution in [-0.4, -0.2) is 23.9 Å². The number of aliphatic hydroxyl groups excluding tert-OH is 1. The molecule has 21 heavy (non-hydrogen) atoms. The van der Waals surface area contributed by atoms with E-state index in [1.54, 1.807) is 0 Å². The third-order valence-electron chi connectivity index (χ3n) is 3.69. The molecule has 2 aromatic carbocycles. The third kappa shape index (κ3) is 4.45. The van der Waals surface area contributed by atoms with Crippen LogP contribution >= 0.6 is 0 Å². The molecule has 0 saturated heterocycles. The summed E-state index contributed by atoms with van der Waals surface area (Å²) in [7, 11) is 0. The summed E-state index contributed by atoms with van der Waals surface area (Å²) in [5.41, 5.74) is 6.71. The van der Waals surface area contributed by atoms with Gasteiger partial charge in [0.1, 0.15) is 5.75 Å². The molecule has 0 heterocycles. The summed E-state index contributed by atoms with van der Waals surface area (Å²) in [6.45, 7) is 4.74. The molecular weight excluding hydrogens is 262 g/mol. The Balaban J connectivity index is 2.11. The van der Waals surface area contributed by atoms with Crippen molar-refractivity contribution in [3.63, 3.8) is 0 Å². The minimum atomic E-state index is -0.507. The number of aryl methyl sites for hydroxylation is 1. The number of fused-ring (bicyclic) bond motifs is 1. The van der Waals surface area contributed by atoms with E-state index in [0.717, 1.165) is 31.6 Å². The van der Waals surface area contributed by atoms with E-state index in [1.165, 1.54) is 16.3 Å². The van der Waals surface area contributed by atoms with Gasteiger partial charge in [0.15, 0.2) is 0 Å². The molecule has 1 atom stereocenters. The van der Waals surface area contributed by atoms with Crippen molar-refractivity contribution in [2.24, 2.45) is 5.73 Å². The molecule has 2 aromatic rings. The van der Waals surface area contributed by atoms with E-state index in [2.05, 4.69) is 37.3 Å². The van der Waals surface area contributed by atoms with Gasteiger partial charge in [-0.25, -0.2) is 0 Å². The molecule has 0 bridgehead atoms. The molecule has 2 rings (SSSR count). The maximum Gasteiger partial charge on any atom is 0.119 e. The predicted molar refractivity (Wildman–Crippen MR) is 87.7 cm³/mol. The predicted octanol–water partition coefficient (Wildman–Crippen LogP) is 3.27. The van der Waals surface area contributed by atoms with Crippen molar-refractivity contribution in [1.29, 1.82) is 0 Å². The van der Waals surface area contributed by atoms with Crippen LogP contribution in [0.1, 0.15) is 32.3 Å². The molecule has 0 radical (unpaired) electrons. The van der Waals surface area contributed by atoms with Crippen LogP contribution in [0.5, 0.6) is 5.75 Å². The van der Waals surface area contributed by atoms with Gasteiger partial charge in [0.2, 0.25) is 0 Å². The lowest BCUT2D eigenvalue weighted by molar-refractivity contribution is 0.200. The molecule has 0 aliphatic rings. The minimum absolute atomic E-state index is 0.0126. The fraction of sp³-hybridized carbons (Fsp3) is 0.444. The molecule has 0 amide bonds. The highest BCUT2D eigenvalue weighted by Gasteiger charge is 2.16. The van der Waals surface area contributed by atoms with Gasteiger partial charge in [-0.2, -0.15) is 0 Å². The lowest BCUT2D eigenvalue weighted by Gasteiger charge is -2.21. The van der Waals surface area contributed by atoms with Crippen molar-refractivity contribution in [1.82, 2.24) is 0 Å². The summed E-state index contributed by atoms with van der Waals surface area (Å²) in [6.07, 6.45) is 2.66. The molecule has 0 aromatic heterocycles. The lowest BCUT2D eigenvalue weighted by Crippen LogP contribution is -2.40.